The van der Waals surface area contributed by atoms with Crippen molar-refractivity contribution in [2.45, 2.75) is 47.0 Å². The predicted octanol–water partition coefficient (Wildman–Crippen LogP) is 6.66. The Kier molecular flexibility index (Phi) is 7.00. The summed E-state index contributed by atoms with van der Waals surface area (Å²) < 4.78 is 10.9. The van der Waals surface area contributed by atoms with E-state index >= 15 is 0 Å². The Morgan fingerprint density at radius 2 is 1.84 bits per heavy atom. The third-order valence-corrected chi connectivity index (χ3v) is 6.33. The van der Waals surface area contributed by atoms with E-state index in [4.69, 9.17) is 9.73 Å². The summed E-state index contributed by atoms with van der Waals surface area (Å²) in [5, 5.41) is 13.6. The van der Waals surface area contributed by atoms with E-state index in [1.165, 1.54) is 11.5 Å². The number of nitrogens with zero attached hydrogens (tertiary/aromatic N) is 3. The van der Waals surface area contributed by atoms with Crippen molar-refractivity contribution in [1.29, 1.82) is 5.26 Å². The van der Waals surface area contributed by atoms with E-state index in [2.05, 4.69) is 55.6 Å². The van der Waals surface area contributed by atoms with E-state index in [1.807, 2.05) is 51.2 Å². The van der Waals surface area contributed by atoms with Gasteiger partial charge in [-0.3, -0.25) is 0 Å². The number of nitriles is 1. The predicted molar refractivity (Wildman–Crippen MR) is 132 cm³/mol. The molecule has 0 amide bonds. The fourth-order valence-corrected chi connectivity index (χ4v) is 4.42. The molecule has 2 aromatic carbocycles. The molecule has 0 bridgehead atoms. The molecule has 0 atom stereocenters. The third kappa shape index (κ3) is 4.68. The number of amidine groups is 1. The summed E-state index contributed by atoms with van der Waals surface area (Å²) >= 11 is 1.22. The van der Waals surface area contributed by atoms with Gasteiger partial charge in [0.15, 0.2) is 0 Å². The molecule has 1 heterocycles. The minimum atomic E-state index is -0.408. The summed E-state index contributed by atoms with van der Waals surface area (Å²) in [5.41, 5.74) is 4.78. The molecular formula is C26H30N4OS. The number of ether oxygens (including phenoxy) is 1. The van der Waals surface area contributed by atoms with Crippen LogP contribution in [0.2, 0.25) is 0 Å². The maximum absolute atomic E-state index is 9.93. The first-order chi connectivity index (χ1) is 15.2. The van der Waals surface area contributed by atoms with E-state index in [9.17, 15) is 5.26 Å². The molecule has 0 spiro atoms. The van der Waals surface area contributed by atoms with Crippen LogP contribution in [0, 0.1) is 31.1 Å². The standard InChI is InChI=1S/C26H30N4OS/c1-16(2)24(28-7)29-21-13-18(4)22(14-17(21)3)31-25-20(15-27)23(30-32-25)26(5,6)19-11-9-8-10-12-19/h8-14,16H,1-7H3,(H,28,29). The fraction of sp³-hybridized carbons (Fsp3) is 0.346. The molecule has 0 radical (unpaired) electrons. The molecule has 0 fully saturated rings. The number of aromatic nitrogens is 1. The molecule has 1 N–H and O–H groups in total. The number of rotatable bonds is 6. The van der Waals surface area contributed by atoms with E-state index < -0.39 is 5.41 Å². The van der Waals surface area contributed by atoms with Crippen LogP contribution in [-0.4, -0.2) is 17.3 Å². The second kappa shape index (κ2) is 9.54. The average Bonchev–Trinajstić information content (AvgIpc) is 3.18. The first-order valence-electron chi connectivity index (χ1n) is 10.7. The van der Waals surface area contributed by atoms with Crippen LogP contribution in [0.3, 0.4) is 0 Å². The lowest BCUT2D eigenvalue weighted by molar-refractivity contribution is 0.489. The van der Waals surface area contributed by atoms with Gasteiger partial charge in [0.05, 0.1) is 11.4 Å². The van der Waals surface area contributed by atoms with E-state index in [0.29, 0.717) is 22.3 Å². The number of hydrogen-bond acceptors (Lipinski definition) is 5. The average molecular weight is 447 g/mol. The number of nitrogens with one attached hydrogen (secondary N) is 1. The van der Waals surface area contributed by atoms with Crippen LogP contribution in [-0.2, 0) is 5.41 Å². The zero-order chi connectivity index (χ0) is 23.5. The van der Waals surface area contributed by atoms with Gasteiger partial charge in [0.1, 0.15) is 23.2 Å². The van der Waals surface area contributed by atoms with Gasteiger partial charge in [0.25, 0.3) is 0 Å². The molecule has 0 aliphatic rings. The van der Waals surface area contributed by atoms with Crippen molar-refractivity contribution in [1.82, 2.24) is 9.69 Å². The van der Waals surface area contributed by atoms with E-state index in [1.54, 1.807) is 0 Å². The summed E-state index contributed by atoms with van der Waals surface area (Å²) in [4.78, 5) is 4.78. The Morgan fingerprint density at radius 1 is 1.16 bits per heavy atom. The van der Waals surface area contributed by atoms with Crippen LogP contribution in [0.5, 0.6) is 10.8 Å². The Labute approximate surface area is 195 Å². The van der Waals surface area contributed by atoms with Crippen LogP contribution in [0.25, 0.3) is 0 Å². The van der Waals surface area contributed by atoms with Gasteiger partial charge in [-0.25, -0.2) is 4.99 Å². The van der Waals surface area contributed by atoms with Crippen molar-refractivity contribution in [2.75, 3.05) is 7.05 Å². The van der Waals surface area contributed by atoms with Crippen molar-refractivity contribution in [3.05, 3.63) is 70.4 Å². The topological polar surface area (TPSA) is 70.3 Å². The lowest BCUT2D eigenvalue weighted by Gasteiger charge is -2.23. The molecule has 166 valence electrons. The van der Waals surface area contributed by atoms with Gasteiger partial charge in [-0.2, -0.15) is 9.64 Å². The van der Waals surface area contributed by atoms with Crippen LogP contribution in [0.4, 0.5) is 5.69 Å². The summed E-state index contributed by atoms with van der Waals surface area (Å²) in [6, 6.07) is 16.4. The number of aliphatic imine (C=N–C) groups is 1. The summed E-state index contributed by atoms with van der Waals surface area (Å²) in [5.74, 6) is 1.95. The molecule has 0 unspecified atom stereocenters. The lowest BCUT2D eigenvalue weighted by atomic mass is 9.80. The smallest absolute Gasteiger partial charge is 0.218 e. The van der Waals surface area contributed by atoms with Crippen molar-refractivity contribution in [3.8, 4) is 16.9 Å². The molecule has 0 aliphatic carbocycles. The maximum atomic E-state index is 9.93. The van der Waals surface area contributed by atoms with Crippen molar-refractivity contribution >= 4 is 23.1 Å². The Bertz CT molecular complexity index is 1170. The SMILES string of the molecule is CNC(=Nc1cc(C)c(Oc2snc(C(C)(C)c3ccccc3)c2C#N)cc1C)C(C)C. The van der Waals surface area contributed by atoms with Gasteiger partial charge in [-0.1, -0.05) is 58.0 Å². The van der Waals surface area contributed by atoms with Gasteiger partial charge < -0.3 is 10.1 Å². The minimum absolute atomic E-state index is 0.303. The highest BCUT2D eigenvalue weighted by Crippen LogP contribution is 2.41. The number of hydrogen-bond donors (Lipinski definition) is 1. The Hall–Kier alpha value is -3.17. The molecule has 0 aliphatic heterocycles. The van der Waals surface area contributed by atoms with Crippen LogP contribution in [0.1, 0.15) is 55.6 Å². The number of benzene rings is 2. The molecule has 6 heteroatoms. The van der Waals surface area contributed by atoms with Gasteiger partial charge in [-0.15, -0.1) is 0 Å². The molecule has 3 rings (SSSR count). The van der Waals surface area contributed by atoms with Crippen LogP contribution >= 0.6 is 11.5 Å². The summed E-state index contributed by atoms with van der Waals surface area (Å²) in [6.45, 7) is 12.4. The molecule has 1 aromatic heterocycles. The lowest BCUT2D eigenvalue weighted by Crippen LogP contribution is -2.23. The molecule has 5 nitrogen and oxygen atoms in total. The Balaban J connectivity index is 1.97. The largest absolute Gasteiger partial charge is 0.443 e. The fourth-order valence-electron chi connectivity index (χ4n) is 3.57. The third-order valence-electron chi connectivity index (χ3n) is 5.60. The number of aryl methyl sites for hydroxylation is 2. The second-order valence-corrected chi connectivity index (χ2v) is 9.44. The summed E-state index contributed by atoms with van der Waals surface area (Å²) in [6.07, 6.45) is 0. The van der Waals surface area contributed by atoms with Crippen molar-refractivity contribution in [2.24, 2.45) is 10.9 Å². The summed E-state index contributed by atoms with van der Waals surface area (Å²) in [7, 11) is 1.89. The minimum Gasteiger partial charge on any atom is -0.443 e. The zero-order valence-corrected chi connectivity index (χ0v) is 20.6. The highest BCUT2D eigenvalue weighted by molar-refractivity contribution is 7.08. The van der Waals surface area contributed by atoms with E-state index in [-0.39, 0.29) is 0 Å². The van der Waals surface area contributed by atoms with Crippen LogP contribution < -0.4 is 10.1 Å². The highest BCUT2D eigenvalue weighted by Gasteiger charge is 2.31. The second-order valence-electron chi connectivity index (χ2n) is 8.70. The molecule has 0 saturated heterocycles. The first kappa shape index (κ1) is 23.5. The van der Waals surface area contributed by atoms with Gasteiger partial charge in [0, 0.05) is 29.9 Å². The first-order valence-corrected chi connectivity index (χ1v) is 11.5. The molecule has 3 aromatic rings. The quantitative estimate of drug-likeness (QED) is 0.340. The van der Waals surface area contributed by atoms with Crippen molar-refractivity contribution < 1.29 is 4.74 Å². The molecule has 0 saturated carbocycles. The zero-order valence-electron chi connectivity index (χ0n) is 19.8. The van der Waals surface area contributed by atoms with E-state index in [0.717, 1.165) is 33.9 Å². The normalized spacial score (nSPS) is 12.0. The molecule has 32 heavy (non-hydrogen) atoms. The van der Waals surface area contributed by atoms with Gasteiger partial charge >= 0.3 is 0 Å². The highest BCUT2D eigenvalue weighted by atomic mass is 32.1. The molecular weight excluding hydrogens is 416 g/mol. The van der Waals surface area contributed by atoms with Crippen molar-refractivity contribution in [3.63, 3.8) is 0 Å². The Morgan fingerprint density at radius 3 is 2.44 bits per heavy atom. The van der Waals surface area contributed by atoms with Gasteiger partial charge in [-0.05, 0) is 42.7 Å². The maximum Gasteiger partial charge on any atom is 0.218 e. The van der Waals surface area contributed by atoms with Crippen LogP contribution in [0.15, 0.2) is 47.5 Å². The monoisotopic (exact) mass is 446 g/mol. The van der Waals surface area contributed by atoms with Gasteiger partial charge in [0.2, 0.25) is 5.06 Å².